The number of phenols is 2. The van der Waals surface area contributed by atoms with E-state index in [9.17, 15) is 19.8 Å². The number of carbonyl (C=O) groups excluding carboxylic acids is 1. The summed E-state index contributed by atoms with van der Waals surface area (Å²) in [6.45, 7) is 0.681. The van der Waals surface area contributed by atoms with Crippen molar-refractivity contribution in [1.29, 1.82) is 0 Å². The van der Waals surface area contributed by atoms with Crippen LogP contribution in [-0.4, -0.2) is 31.9 Å². The number of nitrogens with one attached hydrogen (secondary N) is 1. The first-order chi connectivity index (χ1) is 13.0. The molecule has 27 heavy (non-hydrogen) atoms. The Kier molecular flexibility index (Phi) is 4.08. The van der Waals surface area contributed by atoms with Crippen LogP contribution >= 0.6 is 0 Å². The maximum Gasteiger partial charge on any atom is 0.271 e. The van der Waals surface area contributed by atoms with Crippen LogP contribution in [0.25, 0.3) is 10.9 Å². The molecule has 2 aromatic carbocycles. The predicted molar refractivity (Wildman–Crippen MR) is 99.2 cm³/mol. The van der Waals surface area contributed by atoms with Crippen molar-refractivity contribution in [3.05, 3.63) is 63.7 Å². The van der Waals surface area contributed by atoms with Crippen molar-refractivity contribution in [2.45, 2.75) is 19.4 Å². The molecule has 3 aromatic rings. The number of amides is 1. The molecule has 0 aliphatic carbocycles. The van der Waals surface area contributed by atoms with Crippen molar-refractivity contribution >= 4 is 23.0 Å². The molecule has 0 saturated carbocycles. The molecule has 0 spiro atoms. The average molecular weight is 364 g/mol. The van der Waals surface area contributed by atoms with E-state index in [4.69, 9.17) is 0 Å². The van der Waals surface area contributed by atoms with Gasteiger partial charge in [0.25, 0.3) is 11.5 Å². The molecule has 0 fully saturated rings. The van der Waals surface area contributed by atoms with Gasteiger partial charge in [-0.3, -0.25) is 14.2 Å². The van der Waals surface area contributed by atoms with E-state index in [-0.39, 0.29) is 17.1 Å². The van der Waals surface area contributed by atoms with E-state index in [1.54, 1.807) is 28.8 Å². The fourth-order valence-electron chi connectivity index (χ4n) is 3.08. The summed E-state index contributed by atoms with van der Waals surface area (Å²) in [6.07, 6.45) is 2.99. The lowest BCUT2D eigenvalue weighted by molar-refractivity contribution is 0.0955. The highest BCUT2D eigenvalue weighted by atomic mass is 16.3. The summed E-state index contributed by atoms with van der Waals surface area (Å²) in [5, 5.41) is 23.0. The van der Waals surface area contributed by atoms with Crippen molar-refractivity contribution in [3.63, 3.8) is 0 Å². The van der Waals surface area contributed by atoms with Crippen LogP contribution in [0.3, 0.4) is 0 Å². The third-order valence-corrected chi connectivity index (χ3v) is 4.46. The number of aryl methyl sites for hydroxylation is 1. The second-order valence-corrected chi connectivity index (χ2v) is 6.27. The minimum absolute atomic E-state index is 0.0791. The fourth-order valence-corrected chi connectivity index (χ4v) is 3.08. The normalized spacial score (nSPS) is 13.2. The summed E-state index contributed by atoms with van der Waals surface area (Å²) < 4.78 is 1.68. The summed E-state index contributed by atoms with van der Waals surface area (Å²) in [4.78, 5) is 29.2. The lowest BCUT2D eigenvalue weighted by Gasteiger charge is -2.06. The number of hydrogen-bond donors (Lipinski definition) is 3. The van der Waals surface area contributed by atoms with Gasteiger partial charge in [-0.1, -0.05) is 0 Å². The fraction of sp³-hybridized carbons (Fsp3) is 0.158. The average Bonchev–Trinajstić information content (AvgIpc) is 3.13. The zero-order valence-corrected chi connectivity index (χ0v) is 14.2. The molecule has 0 radical (unpaired) electrons. The van der Waals surface area contributed by atoms with Gasteiger partial charge in [-0.25, -0.2) is 10.4 Å². The number of fused-ring (bicyclic) bond motifs is 2. The van der Waals surface area contributed by atoms with Crippen molar-refractivity contribution in [3.8, 4) is 11.5 Å². The van der Waals surface area contributed by atoms with Crippen molar-refractivity contribution in [2.75, 3.05) is 0 Å². The van der Waals surface area contributed by atoms with Crippen LogP contribution in [0.2, 0.25) is 0 Å². The van der Waals surface area contributed by atoms with Gasteiger partial charge in [0.2, 0.25) is 0 Å². The Morgan fingerprint density at radius 3 is 2.85 bits per heavy atom. The number of aromatic hydroxyl groups is 2. The number of hydrazone groups is 1. The number of benzene rings is 2. The quantitative estimate of drug-likeness (QED) is 0.370. The van der Waals surface area contributed by atoms with Crippen LogP contribution in [-0.2, 0) is 13.0 Å². The van der Waals surface area contributed by atoms with Gasteiger partial charge < -0.3 is 10.2 Å². The molecule has 0 saturated heterocycles. The third-order valence-electron chi connectivity index (χ3n) is 4.46. The molecular formula is C19H16N4O4. The number of phenolic OH excluding ortho intramolecular Hbond substituents is 2. The second-order valence-electron chi connectivity index (χ2n) is 6.27. The molecule has 1 amide bonds. The van der Waals surface area contributed by atoms with Crippen LogP contribution in [0.15, 0.2) is 46.3 Å². The summed E-state index contributed by atoms with van der Waals surface area (Å²) >= 11 is 0. The zero-order chi connectivity index (χ0) is 19.0. The van der Waals surface area contributed by atoms with Crippen molar-refractivity contribution in [1.82, 2.24) is 15.0 Å². The van der Waals surface area contributed by atoms with E-state index < -0.39 is 5.91 Å². The Bertz CT molecular complexity index is 1150. The number of hydrogen-bond acceptors (Lipinski definition) is 6. The van der Waals surface area contributed by atoms with Gasteiger partial charge in [-0.05, 0) is 48.4 Å². The Morgan fingerprint density at radius 2 is 2.04 bits per heavy atom. The summed E-state index contributed by atoms with van der Waals surface area (Å²) in [5.41, 5.74) is 3.65. The highest BCUT2D eigenvalue weighted by Crippen LogP contribution is 2.24. The van der Waals surface area contributed by atoms with E-state index in [2.05, 4.69) is 15.5 Å². The van der Waals surface area contributed by atoms with Crippen LogP contribution in [0.1, 0.15) is 28.2 Å². The number of carbonyl (C=O) groups is 1. The standard InChI is InChI=1S/C19H16N4O4/c24-15-6-3-11(8-16(15)25)10-20-22-18(26)12-4-5-13-14(9-12)21-17-2-1-7-23(17)19(13)27/h3-6,8-10,24-25H,1-2,7H2,(H,22,26)/b20-10+. The Balaban J connectivity index is 1.56. The monoisotopic (exact) mass is 364 g/mol. The summed E-state index contributed by atoms with van der Waals surface area (Å²) in [7, 11) is 0. The first-order valence-electron chi connectivity index (χ1n) is 8.42. The second kappa shape index (κ2) is 6.56. The molecule has 3 N–H and O–H groups in total. The van der Waals surface area contributed by atoms with E-state index in [0.717, 1.165) is 18.7 Å². The molecule has 4 rings (SSSR count). The van der Waals surface area contributed by atoms with Crippen LogP contribution < -0.4 is 11.0 Å². The topological polar surface area (TPSA) is 117 Å². The maximum absolute atomic E-state index is 12.4. The minimum atomic E-state index is -0.446. The molecule has 0 atom stereocenters. The van der Waals surface area contributed by atoms with Gasteiger partial charge in [0.15, 0.2) is 11.5 Å². The van der Waals surface area contributed by atoms with Gasteiger partial charge in [0.05, 0.1) is 17.1 Å². The first kappa shape index (κ1) is 16.8. The van der Waals surface area contributed by atoms with Crippen LogP contribution in [0.5, 0.6) is 11.5 Å². The molecule has 1 aliphatic heterocycles. The van der Waals surface area contributed by atoms with Gasteiger partial charge >= 0.3 is 0 Å². The number of rotatable bonds is 3. The van der Waals surface area contributed by atoms with Gasteiger partial charge in [0.1, 0.15) is 5.82 Å². The first-order valence-corrected chi connectivity index (χ1v) is 8.42. The largest absolute Gasteiger partial charge is 0.504 e. The third kappa shape index (κ3) is 3.12. The smallest absolute Gasteiger partial charge is 0.271 e. The molecule has 1 aliphatic rings. The van der Waals surface area contributed by atoms with Gasteiger partial charge in [-0.15, -0.1) is 0 Å². The van der Waals surface area contributed by atoms with E-state index >= 15 is 0 Å². The molecule has 2 heterocycles. The Morgan fingerprint density at radius 1 is 1.19 bits per heavy atom. The summed E-state index contributed by atoms with van der Waals surface area (Å²) in [6, 6.07) is 8.92. The molecule has 136 valence electrons. The lowest BCUT2D eigenvalue weighted by atomic mass is 10.1. The molecule has 0 bridgehead atoms. The minimum Gasteiger partial charge on any atom is -0.504 e. The van der Waals surface area contributed by atoms with E-state index in [0.29, 0.717) is 28.6 Å². The molecule has 8 heteroatoms. The maximum atomic E-state index is 12.4. The van der Waals surface area contributed by atoms with Crippen molar-refractivity contribution < 1.29 is 15.0 Å². The van der Waals surface area contributed by atoms with Crippen molar-refractivity contribution in [2.24, 2.45) is 5.10 Å². The molecule has 8 nitrogen and oxygen atoms in total. The predicted octanol–water partition coefficient (Wildman–Crippen LogP) is 1.52. The molecular weight excluding hydrogens is 348 g/mol. The van der Waals surface area contributed by atoms with E-state index in [1.165, 1.54) is 18.3 Å². The molecule has 1 aromatic heterocycles. The van der Waals surface area contributed by atoms with E-state index in [1.807, 2.05) is 0 Å². The van der Waals surface area contributed by atoms with Gasteiger partial charge in [0, 0.05) is 18.5 Å². The SMILES string of the molecule is O=C(N/N=C/c1ccc(O)c(O)c1)c1ccc2c(=O)n3c(nc2c1)CCC3. The number of aromatic nitrogens is 2. The Labute approximate surface area is 153 Å². The Hall–Kier alpha value is -3.68. The zero-order valence-electron chi connectivity index (χ0n) is 14.2. The van der Waals surface area contributed by atoms with Gasteiger partial charge in [-0.2, -0.15) is 5.10 Å². The molecule has 0 unspecified atom stereocenters. The summed E-state index contributed by atoms with van der Waals surface area (Å²) in [5.74, 6) is -0.208. The number of nitrogens with zero attached hydrogens (tertiary/aromatic N) is 3. The van der Waals surface area contributed by atoms with Crippen LogP contribution in [0.4, 0.5) is 0 Å². The highest BCUT2D eigenvalue weighted by molar-refractivity contribution is 5.98. The van der Waals surface area contributed by atoms with Crippen LogP contribution in [0, 0.1) is 0 Å². The highest BCUT2D eigenvalue weighted by Gasteiger charge is 2.17. The lowest BCUT2D eigenvalue weighted by Crippen LogP contribution is -2.22.